The highest BCUT2D eigenvalue weighted by molar-refractivity contribution is 7.89. The zero-order chi connectivity index (χ0) is 20.1. The van der Waals surface area contributed by atoms with Crippen LogP contribution in [0.25, 0.3) is 0 Å². The summed E-state index contributed by atoms with van der Waals surface area (Å²) in [5, 5.41) is 4.40. The minimum atomic E-state index is -3.89. The smallest absolute Gasteiger partial charge is 0.341 e. The normalized spacial score (nSPS) is 11.6. The average Bonchev–Trinajstić information content (AvgIpc) is 2.50. The molecular formula is C15H20FN3O6S. The molecule has 0 radical (unpaired) electrons. The van der Waals surface area contributed by atoms with Crippen LogP contribution in [0.15, 0.2) is 23.1 Å². The minimum Gasteiger partial charge on any atom is -0.452 e. The number of nitrogens with one attached hydrogen (secondary N) is 3. The summed E-state index contributed by atoms with van der Waals surface area (Å²) in [6.07, 6.45) is 0. The number of imide groups is 1. The quantitative estimate of drug-likeness (QED) is 0.629. The summed E-state index contributed by atoms with van der Waals surface area (Å²) < 4.78 is 43.8. The van der Waals surface area contributed by atoms with Gasteiger partial charge >= 0.3 is 12.0 Å². The monoisotopic (exact) mass is 389 g/mol. The summed E-state index contributed by atoms with van der Waals surface area (Å²) in [7, 11) is -2.74. The Morgan fingerprint density at radius 3 is 2.35 bits per heavy atom. The van der Waals surface area contributed by atoms with Crippen LogP contribution in [0.2, 0.25) is 0 Å². The number of hydrogen-bond acceptors (Lipinski definition) is 6. The summed E-state index contributed by atoms with van der Waals surface area (Å²) in [6.45, 7) is 4.25. The van der Waals surface area contributed by atoms with E-state index >= 15 is 0 Å². The largest absolute Gasteiger partial charge is 0.452 e. The van der Waals surface area contributed by atoms with Gasteiger partial charge in [0.15, 0.2) is 6.61 Å². The van der Waals surface area contributed by atoms with Gasteiger partial charge in [-0.15, -0.1) is 0 Å². The zero-order valence-electron chi connectivity index (χ0n) is 14.7. The van der Waals surface area contributed by atoms with Crippen molar-refractivity contribution in [1.82, 2.24) is 15.4 Å². The molecule has 3 amide bonds. The van der Waals surface area contributed by atoms with Crippen molar-refractivity contribution in [3.63, 3.8) is 0 Å². The van der Waals surface area contributed by atoms with Gasteiger partial charge in [-0.3, -0.25) is 10.1 Å². The van der Waals surface area contributed by atoms with Crippen molar-refractivity contribution >= 4 is 27.9 Å². The number of hydrogen-bond donors (Lipinski definition) is 3. The first-order chi connectivity index (χ1) is 11.9. The Morgan fingerprint density at radius 2 is 1.81 bits per heavy atom. The number of carbonyl (C=O) groups is 3. The van der Waals surface area contributed by atoms with E-state index in [4.69, 9.17) is 0 Å². The number of halogens is 1. The molecule has 0 atom stereocenters. The molecular weight excluding hydrogens is 369 g/mol. The molecule has 11 heteroatoms. The van der Waals surface area contributed by atoms with Gasteiger partial charge < -0.3 is 10.1 Å². The van der Waals surface area contributed by atoms with Crippen molar-refractivity contribution in [3.8, 4) is 0 Å². The fourth-order valence-electron chi connectivity index (χ4n) is 1.69. The third-order valence-electron chi connectivity index (χ3n) is 2.81. The summed E-state index contributed by atoms with van der Waals surface area (Å²) >= 11 is 0. The fourth-order valence-corrected chi connectivity index (χ4v) is 2.45. The van der Waals surface area contributed by atoms with Crippen LogP contribution in [0.1, 0.15) is 31.1 Å². The molecule has 26 heavy (non-hydrogen) atoms. The molecule has 0 aromatic heterocycles. The second kappa shape index (κ2) is 8.23. The number of ether oxygens (including phenoxy) is 1. The maximum Gasteiger partial charge on any atom is 0.341 e. The average molecular weight is 389 g/mol. The first kappa shape index (κ1) is 21.5. The maximum atomic E-state index is 13.8. The molecule has 0 heterocycles. The van der Waals surface area contributed by atoms with Gasteiger partial charge in [0, 0.05) is 5.54 Å². The lowest BCUT2D eigenvalue weighted by Gasteiger charge is -2.20. The third-order valence-corrected chi connectivity index (χ3v) is 4.22. The van der Waals surface area contributed by atoms with Crippen LogP contribution in [0.4, 0.5) is 9.18 Å². The zero-order valence-corrected chi connectivity index (χ0v) is 15.5. The van der Waals surface area contributed by atoms with Gasteiger partial charge in [0.1, 0.15) is 5.82 Å². The molecule has 0 bridgehead atoms. The second-order valence-corrected chi connectivity index (χ2v) is 8.06. The predicted octanol–water partition coefficient (Wildman–Crippen LogP) is 0.515. The van der Waals surface area contributed by atoms with E-state index in [1.165, 1.54) is 0 Å². The van der Waals surface area contributed by atoms with Gasteiger partial charge in [-0.2, -0.15) is 0 Å². The standard InChI is InChI=1S/C15H20FN3O6S/c1-15(2,3)19-14(22)18-12(20)8-25-13(21)10-7-9(5-6-11(10)16)26(23,24)17-4/h5-7,17H,8H2,1-4H3,(H2,18,19,20,22). The highest BCUT2D eigenvalue weighted by Crippen LogP contribution is 2.16. The van der Waals surface area contributed by atoms with Crippen LogP contribution in [0.3, 0.4) is 0 Å². The van der Waals surface area contributed by atoms with Gasteiger partial charge in [-0.25, -0.2) is 27.1 Å². The van der Waals surface area contributed by atoms with E-state index < -0.39 is 51.5 Å². The van der Waals surface area contributed by atoms with E-state index in [-0.39, 0.29) is 4.90 Å². The Bertz CT molecular complexity index is 817. The number of carbonyl (C=O) groups excluding carboxylic acids is 3. The Hall–Kier alpha value is -2.53. The molecule has 1 aromatic carbocycles. The predicted molar refractivity (Wildman–Crippen MR) is 89.4 cm³/mol. The first-order valence-electron chi connectivity index (χ1n) is 7.38. The Morgan fingerprint density at radius 1 is 1.19 bits per heavy atom. The Labute approximate surface area is 150 Å². The van der Waals surface area contributed by atoms with Gasteiger partial charge in [0.05, 0.1) is 10.5 Å². The molecule has 1 aromatic rings. The molecule has 0 spiro atoms. The highest BCUT2D eigenvalue weighted by atomic mass is 32.2. The topological polar surface area (TPSA) is 131 Å². The molecule has 0 unspecified atom stereocenters. The highest BCUT2D eigenvalue weighted by Gasteiger charge is 2.21. The van der Waals surface area contributed by atoms with Crippen molar-refractivity contribution < 1.29 is 31.9 Å². The number of urea groups is 1. The lowest BCUT2D eigenvalue weighted by molar-refractivity contribution is -0.123. The Kier molecular flexibility index (Phi) is 6.81. The van der Waals surface area contributed by atoms with Gasteiger partial charge in [-0.05, 0) is 46.0 Å². The summed E-state index contributed by atoms with van der Waals surface area (Å²) in [5.74, 6) is -3.20. The molecule has 0 aliphatic rings. The van der Waals surface area contributed by atoms with E-state index in [9.17, 15) is 27.2 Å². The van der Waals surface area contributed by atoms with Crippen LogP contribution in [-0.4, -0.2) is 45.5 Å². The molecule has 144 valence electrons. The lowest BCUT2D eigenvalue weighted by Crippen LogP contribution is -2.49. The van der Waals surface area contributed by atoms with Gasteiger partial charge in [0.25, 0.3) is 5.91 Å². The number of rotatable bonds is 5. The van der Waals surface area contributed by atoms with Crippen LogP contribution < -0.4 is 15.4 Å². The lowest BCUT2D eigenvalue weighted by atomic mass is 10.1. The molecule has 9 nitrogen and oxygen atoms in total. The van der Waals surface area contributed by atoms with Crippen molar-refractivity contribution in [2.24, 2.45) is 0 Å². The van der Waals surface area contributed by atoms with E-state index in [0.717, 1.165) is 25.2 Å². The number of esters is 1. The SMILES string of the molecule is CNS(=O)(=O)c1ccc(F)c(C(=O)OCC(=O)NC(=O)NC(C)(C)C)c1. The van der Waals surface area contributed by atoms with Crippen LogP contribution in [0, 0.1) is 5.82 Å². The number of benzene rings is 1. The molecule has 0 fully saturated rings. The number of sulfonamides is 1. The molecule has 0 aliphatic heterocycles. The third kappa shape index (κ3) is 6.41. The van der Waals surface area contributed by atoms with Crippen LogP contribution in [-0.2, 0) is 19.6 Å². The fraction of sp³-hybridized carbons (Fsp3) is 0.400. The van der Waals surface area contributed by atoms with Crippen molar-refractivity contribution in [2.75, 3.05) is 13.7 Å². The summed E-state index contributed by atoms with van der Waals surface area (Å²) in [5.41, 5.74) is -1.24. The maximum absolute atomic E-state index is 13.8. The van der Waals surface area contributed by atoms with Gasteiger partial charge in [-0.1, -0.05) is 0 Å². The molecule has 0 saturated heterocycles. The van der Waals surface area contributed by atoms with E-state index in [1.54, 1.807) is 20.8 Å². The molecule has 3 N–H and O–H groups in total. The van der Waals surface area contributed by atoms with E-state index in [1.807, 2.05) is 10.0 Å². The van der Waals surface area contributed by atoms with Gasteiger partial charge in [0.2, 0.25) is 10.0 Å². The van der Waals surface area contributed by atoms with Crippen molar-refractivity contribution in [3.05, 3.63) is 29.6 Å². The van der Waals surface area contributed by atoms with E-state index in [2.05, 4.69) is 10.1 Å². The van der Waals surface area contributed by atoms with Crippen molar-refractivity contribution in [2.45, 2.75) is 31.2 Å². The van der Waals surface area contributed by atoms with Crippen molar-refractivity contribution in [1.29, 1.82) is 0 Å². The molecule has 1 rings (SSSR count). The summed E-state index contributed by atoms with van der Waals surface area (Å²) in [4.78, 5) is 34.6. The van der Waals surface area contributed by atoms with Crippen LogP contribution >= 0.6 is 0 Å². The number of amides is 3. The molecule has 0 saturated carbocycles. The molecule has 0 aliphatic carbocycles. The van der Waals surface area contributed by atoms with Crippen LogP contribution in [0.5, 0.6) is 0 Å². The minimum absolute atomic E-state index is 0.345. The Balaban J connectivity index is 2.76. The van der Waals surface area contributed by atoms with E-state index in [0.29, 0.717) is 0 Å². The summed E-state index contributed by atoms with van der Waals surface area (Å²) in [6, 6.07) is 1.76. The second-order valence-electron chi connectivity index (χ2n) is 6.18. The first-order valence-corrected chi connectivity index (χ1v) is 8.86.